The van der Waals surface area contributed by atoms with Crippen molar-refractivity contribution < 1.29 is 13.5 Å². The van der Waals surface area contributed by atoms with Crippen LogP contribution in [0.5, 0.6) is 0 Å². The van der Waals surface area contributed by atoms with Crippen molar-refractivity contribution in [3.63, 3.8) is 0 Å². The molecule has 31 heavy (non-hydrogen) atoms. The van der Waals surface area contributed by atoms with Gasteiger partial charge in [-0.25, -0.2) is 8.42 Å². The molecule has 5 rings (SSSR count). The predicted octanol–water partition coefficient (Wildman–Crippen LogP) is 2.47. The van der Waals surface area contributed by atoms with Crippen molar-refractivity contribution in [3.05, 3.63) is 46.4 Å². The Kier molecular flexibility index (Phi) is 5.07. The Morgan fingerprint density at radius 1 is 1.19 bits per heavy atom. The summed E-state index contributed by atoms with van der Waals surface area (Å²) in [5, 5.41) is 17.7. The highest BCUT2D eigenvalue weighted by Gasteiger charge is 2.34. The van der Waals surface area contributed by atoms with Crippen molar-refractivity contribution in [1.29, 1.82) is 0 Å². The van der Waals surface area contributed by atoms with Crippen molar-refractivity contribution in [2.75, 3.05) is 18.5 Å². The number of aliphatic hydroxyl groups is 1. The molecule has 164 valence electrons. The smallest absolute Gasteiger partial charge is 0.261 e. The lowest BCUT2D eigenvalue weighted by Crippen LogP contribution is -2.27. The summed E-state index contributed by atoms with van der Waals surface area (Å²) in [5.74, 6) is 0.468. The largest absolute Gasteiger partial charge is 0.395 e. The maximum Gasteiger partial charge on any atom is 0.261 e. The van der Waals surface area contributed by atoms with Crippen molar-refractivity contribution in [3.8, 4) is 0 Å². The van der Waals surface area contributed by atoms with Gasteiger partial charge in [-0.2, -0.15) is 9.40 Å². The normalized spacial score (nSPS) is 19.0. The minimum Gasteiger partial charge on any atom is -0.395 e. The molecule has 0 bridgehead atoms. The zero-order chi connectivity index (χ0) is 21.6. The topological polar surface area (TPSA) is 120 Å². The second kappa shape index (κ2) is 7.77. The van der Waals surface area contributed by atoms with E-state index in [1.165, 1.54) is 10.7 Å². The van der Waals surface area contributed by atoms with Crippen LogP contribution in [0.4, 0.5) is 11.5 Å². The number of aliphatic hydroxyl groups excluding tert-OH is 1. The highest BCUT2D eigenvalue weighted by Crippen LogP contribution is 2.35. The molecule has 0 saturated heterocycles. The number of pyridine rings is 1. The molecule has 3 N–H and O–H groups in total. The van der Waals surface area contributed by atoms with Gasteiger partial charge in [0.05, 0.1) is 23.1 Å². The highest BCUT2D eigenvalue weighted by molar-refractivity contribution is 7.89. The Morgan fingerprint density at radius 2 is 2.00 bits per heavy atom. The lowest BCUT2D eigenvalue weighted by Gasteiger charge is -2.22. The van der Waals surface area contributed by atoms with Gasteiger partial charge in [-0.15, -0.1) is 0 Å². The van der Waals surface area contributed by atoms with Crippen LogP contribution in [-0.4, -0.2) is 45.7 Å². The molecule has 0 amide bonds. The molecule has 1 saturated carbocycles. The van der Waals surface area contributed by atoms with Gasteiger partial charge >= 0.3 is 0 Å². The van der Waals surface area contributed by atoms with E-state index in [0.717, 1.165) is 31.2 Å². The molecule has 1 aliphatic carbocycles. The third-order valence-corrected chi connectivity index (χ3v) is 8.13. The fourth-order valence-corrected chi connectivity index (χ4v) is 6.29. The quantitative estimate of drug-likeness (QED) is 0.557. The fourth-order valence-electron chi connectivity index (χ4n) is 4.68. The number of fused-ring (bicyclic) bond motifs is 2. The average Bonchev–Trinajstić information content (AvgIpc) is 3.25. The van der Waals surface area contributed by atoms with Crippen LogP contribution in [0.2, 0.25) is 0 Å². The molecule has 9 nitrogen and oxygen atoms in total. The summed E-state index contributed by atoms with van der Waals surface area (Å²) in [4.78, 5) is 15.6. The molecule has 0 spiro atoms. The molecule has 2 aromatic heterocycles. The van der Waals surface area contributed by atoms with Gasteiger partial charge in [-0.3, -0.25) is 9.48 Å². The number of nitrogens with one attached hydrogen (secondary N) is 2. The summed E-state index contributed by atoms with van der Waals surface area (Å²) in [7, 11) is -3.58. The summed E-state index contributed by atoms with van der Waals surface area (Å²) in [6, 6.07) is 7.17. The molecule has 1 aliphatic heterocycles. The summed E-state index contributed by atoms with van der Waals surface area (Å²) in [5.41, 5.74) is 1.91. The van der Waals surface area contributed by atoms with E-state index in [-0.39, 0.29) is 36.2 Å². The number of sulfonamides is 1. The van der Waals surface area contributed by atoms with Crippen LogP contribution in [0, 0.1) is 0 Å². The molecular weight excluding hydrogens is 418 g/mol. The van der Waals surface area contributed by atoms with Gasteiger partial charge in [0.2, 0.25) is 10.0 Å². The third-order valence-electron chi connectivity index (χ3n) is 6.19. The van der Waals surface area contributed by atoms with Crippen LogP contribution in [0.3, 0.4) is 0 Å². The van der Waals surface area contributed by atoms with Crippen LogP contribution >= 0.6 is 0 Å². The molecule has 2 aliphatic rings. The van der Waals surface area contributed by atoms with Gasteiger partial charge in [0, 0.05) is 25.0 Å². The summed E-state index contributed by atoms with van der Waals surface area (Å²) >= 11 is 0. The van der Waals surface area contributed by atoms with Gasteiger partial charge in [0.1, 0.15) is 5.39 Å². The van der Waals surface area contributed by atoms with Gasteiger partial charge in [0.25, 0.3) is 5.56 Å². The molecule has 0 unspecified atom stereocenters. The van der Waals surface area contributed by atoms with Gasteiger partial charge in [-0.1, -0.05) is 19.3 Å². The first-order chi connectivity index (χ1) is 15.0. The first-order valence-corrected chi connectivity index (χ1v) is 12.0. The van der Waals surface area contributed by atoms with E-state index in [2.05, 4.69) is 10.3 Å². The first-order valence-electron chi connectivity index (χ1n) is 10.6. The maximum atomic E-state index is 12.6. The monoisotopic (exact) mass is 443 g/mol. The number of rotatable bonds is 5. The third kappa shape index (κ3) is 3.44. The number of benzene rings is 1. The minimum atomic E-state index is -3.58. The van der Waals surface area contributed by atoms with E-state index >= 15 is 0 Å². The Hall–Kier alpha value is -2.69. The van der Waals surface area contributed by atoms with Crippen molar-refractivity contribution in [2.45, 2.75) is 49.6 Å². The lowest BCUT2D eigenvalue weighted by atomic mass is 9.95. The number of hydrogen-bond acceptors (Lipinski definition) is 6. The van der Waals surface area contributed by atoms with Crippen LogP contribution in [0.25, 0.3) is 10.9 Å². The van der Waals surface area contributed by atoms with E-state index in [1.54, 1.807) is 24.4 Å². The molecule has 0 atom stereocenters. The van der Waals surface area contributed by atoms with E-state index < -0.39 is 10.0 Å². The zero-order valence-corrected chi connectivity index (χ0v) is 17.9. The highest BCUT2D eigenvalue weighted by atomic mass is 32.2. The molecular formula is C21H25N5O4S. The molecule has 0 radical (unpaired) electrons. The van der Waals surface area contributed by atoms with E-state index in [0.29, 0.717) is 22.5 Å². The minimum absolute atomic E-state index is 0.0611. The Bertz CT molecular complexity index is 1290. The molecule has 3 heterocycles. The molecule has 1 aromatic carbocycles. The number of aromatic nitrogens is 3. The number of aromatic amines is 1. The second-order valence-corrected chi connectivity index (χ2v) is 10.1. The average molecular weight is 444 g/mol. The van der Waals surface area contributed by atoms with Crippen molar-refractivity contribution in [1.82, 2.24) is 19.1 Å². The van der Waals surface area contributed by atoms with Crippen molar-refractivity contribution in [2.24, 2.45) is 0 Å². The molecule has 1 fully saturated rings. The number of β-amino-alcohol motifs (C(OH)–C–C–N with tert-alkyl or cyclic N) is 1. The maximum absolute atomic E-state index is 12.6. The van der Waals surface area contributed by atoms with Crippen LogP contribution < -0.4 is 10.9 Å². The van der Waals surface area contributed by atoms with E-state index in [9.17, 15) is 13.2 Å². The number of H-pyrrole nitrogens is 1. The molecule has 3 aromatic rings. The Labute approximate surface area is 179 Å². The van der Waals surface area contributed by atoms with Crippen molar-refractivity contribution >= 4 is 32.4 Å². The lowest BCUT2D eigenvalue weighted by molar-refractivity contribution is 0.254. The number of anilines is 2. The summed E-state index contributed by atoms with van der Waals surface area (Å²) in [6.45, 7) is 0.0445. The van der Waals surface area contributed by atoms with Crippen LogP contribution in [0.15, 0.2) is 40.2 Å². The first kappa shape index (κ1) is 20.2. The van der Waals surface area contributed by atoms with E-state index in [4.69, 9.17) is 10.2 Å². The zero-order valence-electron chi connectivity index (χ0n) is 17.0. The molecule has 10 heteroatoms. The fraction of sp³-hybridized carbons (Fsp3) is 0.429. The summed E-state index contributed by atoms with van der Waals surface area (Å²) in [6.07, 6.45) is 7.27. The Morgan fingerprint density at radius 3 is 2.77 bits per heavy atom. The van der Waals surface area contributed by atoms with Gasteiger partial charge < -0.3 is 15.4 Å². The predicted molar refractivity (Wildman–Crippen MR) is 117 cm³/mol. The number of nitrogens with zero attached hydrogens (tertiary/aromatic N) is 3. The van der Waals surface area contributed by atoms with Crippen LogP contribution in [0.1, 0.15) is 43.7 Å². The second-order valence-electron chi connectivity index (χ2n) is 8.16. The van der Waals surface area contributed by atoms with Crippen LogP contribution in [-0.2, 0) is 16.6 Å². The van der Waals surface area contributed by atoms with E-state index in [1.807, 2.05) is 10.7 Å². The number of hydrogen-bond donors (Lipinski definition) is 3. The SMILES string of the molecule is O=c1[nH]ccc2c1c(Nc1ccc3c(c1)CN(CCO)S3(=O)=O)nn2C1CCCCC1. The van der Waals surface area contributed by atoms with Gasteiger partial charge in [0.15, 0.2) is 5.82 Å². The Balaban J connectivity index is 1.52. The standard InChI is InChI=1S/C21H25N5O4S/c27-11-10-25-13-14-12-15(6-7-18(14)31(25,29)30)23-20-19-17(8-9-22-21(19)28)26(24-20)16-4-2-1-3-5-16/h6-9,12,16,27H,1-5,10-11,13H2,(H,22,28)(H,23,24). The summed E-state index contributed by atoms with van der Waals surface area (Å²) < 4.78 is 28.4. The van der Waals surface area contributed by atoms with Gasteiger partial charge in [-0.05, 0) is 42.7 Å².